The van der Waals surface area contributed by atoms with Gasteiger partial charge in [0.05, 0.1) is 13.7 Å². The van der Waals surface area contributed by atoms with Crippen LogP contribution in [0.1, 0.15) is 11.1 Å². The average molecular weight is 294 g/mol. The summed E-state index contributed by atoms with van der Waals surface area (Å²) in [6.07, 6.45) is 5.34. The Morgan fingerprint density at radius 1 is 1.23 bits per heavy atom. The number of nitrogens with one attached hydrogen (secondary N) is 2. The summed E-state index contributed by atoms with van der Waals surface area (Å²) in [5.74, 6) is 3.25. The fraction of sp³-hybridized carbons (Fsp3) is 0.167. The van der Waals surface area contributed by atoms with E-state index in [4.69, 9.17) is 11.2 Å². The van der Waals surface area contributed by atoms with E-state index >= 15 is 0 Å². The molecule has 0 atom stereocenters. The molecule has 0 saturated carbocycles. The normalized spacial score (nSPS) is 9.64. The quantitative estimate of drug-likeness (QED) is 0.804. The number of methoxy groups -OCH3 is 1. The Balaban J connectivity index is 1.81. The molecule has 0 fully saturated rings. The van der Waals surface area contributed by atoms with Gasteiger partial charge in [-0.25, -0.2) is 0 Å². The third-order valence-electron chi connectivity index (χ3n) is 3.11. The molecule has 2 aromatic rings. The number of carbonyl (C=O) groups is 1. The molecular weight excluding hydrogens is 276 g/mol. The second-order valence-electron chi connectivity index (χ2n) is 4.71. The highest BCUT2D eigenvalue weighted by Crippen LogP contribution is 2.12. The number of hydrogen-bond donors (Lipinski definition) is 2. The van der Waals surface area contributed by atoms with Crippen LogP contribution in [0.25, 0.3) is 0 Å². The maximum absolute atomic E-state index is 11.9. The molecule has 0 radical (unpaired) electrons. The van der Waals surface area contributed by atoms with Gasteiger partial charge in [0.2, 0.25) is 5.91 Å². The van der Waals surface area contributed by atoms with E-state index in [1.54, 1.807) is 7.11 Å². The zero-order chi connectivity index (χ0) is 15.8. The van der Waals surface area contributed by atoms with Crippen LogP contribution in [-0.4, -0.2) is 19.6 Å². The van der Waals surface area contributed by atoms with Crippen LogP contribution in [0.3, 0.4) is 0 Å². The summed E-state index contributed by atoms with van der Waals surface area (Å²) in [5.41, 5.74) is 2.59. The van der Waals surface area contributed by atoms with Gasteiger partial charge < -0.3 is 15.4 Å². The van der Waals surface area contributed by atoms with Gasteiger partial charge in [-0.05, 0) is 35.9 Å². The number of hydrogen-bond acceptors (Lipinski definition) is 3. The minimum Gasteiger partial charge on any atom is -0.497 e. The molecule has 4 heteroatoms. The van der Waals surface area contributed by atoms with Crippen molar-refractivity contribution in [2.75, 3.05) is 19.0 Å². The number of amides is 1. The predicted octanol–water partition coefficient (Wildman–Crippen LogP) is 2.40. The molecule has 0 aliphatic carbocycles. The van der Waals surface area contributed by atoms with E-state index in [-0.39, 0.29) is 12.5 Å². The summed E-state index contributed by atoms with van der Waals surface area (Å²) < 4.78 is 5.15. The second-order valence-corrected chi connectivity index (χ2v) is 4.71. The molecule has 4 nitrogen and oxygen atoms in total. The first-order valence-electron chi connectivity index (χ1n) is 6.91. The predicted molar refractivity (Wildman–Crippen MR) is 87.7 cm³/mol. The lowest BCUT2D eigenvalue weighted by Gasteiger charge is -2.09. The first-order chi connectivity index (χ1) is 10.7. The molecule has 0 aromatic heterocycles. The summed E-state index contributed by atoms with van der Waals surface area (Å²) in [7, 11) is 1.62. The number of ether oxygens (including phenoxy) is 1. The SMILES string of the molecule is C#Cc1cccc(NCC(=O)NCc2cccc(OC)c2)c1. The van der Waals surface area contributed by atoms with Crippen LogP contribution >= 0.6 is 0 Å². The van der Waals surface area contributed by atoms with Crippen LogP contribution in [-0.2, 0) is 11.3 Å². The van der Waals surface area contributed by atoms with Gasteiger partial charge in [0, 0.05) is 17.8 Å². The standard InChI is InChI=1S/C18H18N2O2/c1-3-14-6-4-8-16(10-14)19-13-18(21)20-12-15-7-5-9-17(11-15)22-2/h1,4-11,19H,12-13H2,2H3,(H,20,21). The van der Waals surface area contributed by atoms with Crippen LogP contribution < -0.4 is 15.4 Å². The van der Waals surface area contributed by atoms with Crippen LogP contribution in [0.5, 0.6) is 5.75 Å². The van der Waals surface area contributed by atoms with Crippen LogP contribution in [0, 0.1) is 12.3 Å². The Morgan fingerprint density at radius 2 is 2.05 bits per heavy atom. The molecule has 2 N–H and O–H groups in total. The first-order valence-corrected chi connectivity index (χ1v) is 6.91. The van der Waals surface area contributed by atoms with Gasteiger partial charge in [-0.3, -0.25) is 4.79 Å². The van der Waals surface area contributed by atoms with Crippen LogP contribution in [0.2, 0.25) is 0 Å². The van der Waals surface area contributed by atoms with E-state index in [1.807, 2.05) is 48.5 Å². The minimum atomic E-state index is -0.0890. The zero-order valence-corrected chi connectivity index (χ0v) is 12.4. The van der Waals surface area contributed by atoms with Gasteiger partial charge in [-0.2, -0.15) is 0 Å². The Hall–Kier alpha value is -2.93. The summed E-state index contributed by atoms with van der Waals surface area (Å²) in [6.45, 7) is 0.653. The van der Waals surface area contributed by atoms with E-state index < -0.39 is 0 Å². The van der Waals surface area contributed by atoms with Crippen molar-refractivity contribution in [1.29, 1.82) is 0 Å². The first kappa shape index (κ1) is 15.5. The lowest BCUT2D eigenvalue weighted by Crippen LogP contribution is -2.29. The third kappa shape index (κ3) is 4.57. The van der Waals surface area contributed by atoms with Crippen molar-refractivity contribution in [2.24, 2.45) is 0 Å². The summed E-state index contributed by atoms with van der Waals surface area (Å²) >= 11 is 0. The number of anilines is 1. The molecule has 0 heterocycles. The molecule has 0 unspecified atom stereocenters. The van der Waals surface area contributed by atoms with Gasteiger partial charge in [-0.15, -0.1) is 6.42 Å². The smallest absolute Gasteiger partial charge is 0.239 e. The zero-order valence-electron chi connectivity index (χ0n) is 12.4. The van der Waals surface area contributed by atoms with Crippen molar-refractivity contribution in [2.45, 2.75) is 6.54 Å². The highest BCUT2D eigenvalue weighted by Gasteiger charge is 2.02. The number of rotatable bonds is 6. The van der Waals surface area contributed by atoms with Gasteiger partial charge in [0.1, 0.15) is 5.75 Å². The molecule has 1 amide bonds. The topological polar surface area (TPSA) is 50.4 Å². The maximum Gasteiger partial charge on any atom is 0.239 e. The fourth-order valence-electron chi connectivity index (χ4n) is 1.95. The highest BCUT2D eigenvalue weighted by atomic mass is 16.5. The van der Waals surface area contributed by atoms with Crippen molar-refractivity contribution in [1.82, 2.24) is 5.32 Å². The maximum atomic E-state index is 11.9. The van der Waals surface area contributed by atoms with Crippen molar-refractivity contribution in [3.05, 3.63) is 59.7 Å². The molecule has 2 aromatic carbocycles. The number of carbonyl (C=O) groups excluding carboxylic acids is 1. The minimum absolute atomic E-state index is 0.0890. The van der Waals surface area contributed by atoms with E-state index in [1.165, 1.54) is 0 Å². The fourth-order valence-corrected chi connectivity index (χ4v) is 1.95. The lowest BCUT2D eigenvalue weighted by molar-refractivity contribution is -0.119. The molecule has 0 aliphatic heterocycles. The molecule has 2 rings (SSSR count). The Morgan fingerprint density at radius 3 is 2.82 bits per heavy atom. The lowest BCUT2D eigenvalue weighted by atomic mass is 10.2. The van der Waals surface area contributed by atoms with Gasteiger partial charge in [0.15, 0.2) is 0 Å². The molecular formula is C18H18N2O2. The summed E-state index contributed by atoms with van der Waals surface area (Å²) in [6, 6.07) is 15.0. The average Bonchev–Trinajstić information content (AvgIpc) is 2.58. The molecule has 0 bridgehead atoms. The van der Waals surface area contributed by atoms with Crippen LogP contribution in [0.15, 0.2) is 48.5 Å². The number of terminal acetylenes is 1. The van der Waals surface area contributed by atoms with Gasteiger partial charge in [0.25, 0.3) is 0 Å². The van der Waals surface area contributed by atoms with E-state index in [0.29, 0.717) is 6.54 Å². The van der Waals surface area contributed by atoms with E-state index in [9.17, 15) is 4.79 Å². The third-order valence-corrected chi connectivity index (χ3v) is 3.11. The largest absolute Gasteiger partial charge is 0.497 e. The summed E-state index contributed by atoms with van der Waals surface area (Å²) in [4.78, 5) is 11.9. The van der Waals surface area contributed by atoms with Crippen molar-refractivity contribution in [3.8, 4) is 18.1 Å². The van der Waals surface area contributed by atoms with Gasteiger partial charge in [-0.1, -0.05) is 24.1 Å². The van der Waals surface area contributed by atoms with Gasteiger partial charge >= 0.3 is 0 Å². The van der Waals surface area contributed by atoms with Crippen molar-refractivity contribution < 1.29 is 9.53 Å². The Labute approximate surface area is 130 Å². The second kappa shape index (κ2) is 7.75. The molecule has 0 aliphatic rings. The molecule has 112 valence electrons. The summed E-state index contributed by atoms with van der Waals surface area (Å²) in [5, 5.41) is 5.90. The van der Waals surface area contributed by atoms with Crippen molar-refractivity contribution in [3.63, 3.8) is 0 Å². The van der Waals surface area contributed by atoms with Crippen molar-refractivity contribution >= 4 is 11.6 Å². The molecule has 0 spiro atoms. The van der Waals surface area contributed by atoms with Crippen LogP contribution in [0.4, 0.5) is 5.69 Å². The monoisotopic (exact) mass is 294 g/mol. The highest BCUT2D eigenvalue weighted by molar-refractivity contribution is 5.80. The van der Waals surface area contributed by atoms with E-state index in [2.05, 4.69) is 16.6 Å². The molecule has 0 saturated heterocycles. The Bertz CT molecular complexity index is 689. The Kier molecular flexibility index (Phi) is 5.44. The number of benzene rings is 2. The van der Waals surface area contributed by atoms with E-state index in [0.717, 1.165) is 22.6 Å². The molecule has 22 heavy (non-hydrogen) atoms.